The van der Waals surface area contributed by atoms with E-state index in [-0.39, 0.29) is 0 Å². The molecule has 0 aliphatic heterocycles. The fraction of sp³-hybridized carbons (Fsp3) is 0.333. The maximum absolute atomic E-state index is 5.59. The van der Waals surface area contributed by atoms with Crippen molar-refractivity contribution >= 4 is 22.7 Å². The van der Waals surface area contributed by atoms with Gasteiger partial charge in [-0.3, -0.25) is 0 Å². The van der Waals surface area contributed by atoms with Gasteiger partial charge in [-0.05, 0) is 69.3 Å². The topological polar surface area (TPSA) is 67.3 Å². The monoisotopic (exact) mass is 300 g/mol. The Labute approximate surface area is 134 Å². The molecule has 0 saturated heterocycles. The first-order valence-corrected chi connectivity index (χ1v) is 7.80. The predicted octanol–water partition coefficient (Wildman–Crippen LogP) is 3.82. The molecule has 0 aliphatic rings. The zero-order chi connectivity index (χ0) is 16.4. The lowest BCUT2D eigenvalue weighted by atomic mass is 10.2. The molecule has 0 heterocycles. The third-order valence-corrected chi connectivity index (χ3v) is 3.31. The first kappa shape index (κ1) is 17.7. The molecule has 4 heteroatoms. The van der Waals surface area contributed by atoms with Gasteiger partial charge in [0.25, 0.3) is 0 Å². The Hall–Kier alpha value is -2.36. The molecule has 2 aromatic carbocycles. The quantitative estimate of drug-likeness (QED) is 0.734. The second-order valence-corrected chi connectivity index (χ2v) is 4.92. The summed E-state index contributed by atoms with van der Waals surface area (Å²) in [6.45, 7) is 9.40. The fourth-order valence-electron chi connectivity index (χ4n) is 2.08. The van der Waals surface area contributed by atoms with E-state index in [1.165, 1.54) is 5.69 Å². The molecule has 0 aliphatic carbocycles. The molecule has 0 saturated carbocycles. The summed E-state index contributed by atoms with van der Waals surface area (Å²) in [6.07, 6.45) is 0. The van der Waals surface area contributed by atoms with Gasteiger partial charge >= 0.3 is 0 Å². The highest BCUT2D eigenvalue weighted by Crippen LogP contribution is 2.15. The van der Waals surface area contributed by atoms with Gasteiger partial charge < -0.3 is 21.7 Å². The molecule has 22 heavy (non-hydrogen) atoms. The molecule has 120 valence electrons. The highest BCUT2D eigenvalue weighted by molar-refractivity contribution is 5.53. The zero-order valence-electron chi connectivity index (χ0n) is 13.8. The zero-order valence-corrected chi connectivity index (χ0v) is 13.8. The Balaban J connectivity index is 0.000000224. The van der Waals surface area contributed by atoms with Gasteiger partial charge in [0.1, 0.15) is 0 Å². The smallest absolute Gasteiger partial charge is 0.0367 e. The molecule has 0 radical (unpaired) electrons. The molecule has 5 N–H and O–H groups in total. The van der Waals surface area contributed by atoms with Crippen LogP contribution in [0.5, 0.6) is 0 Å². The first-order valence-electron chi connectivity index (χ1n) is 7.80. The van der Waals surface area contributed by atoms with E-state index in [1.807, 2.05) is 36.4 Å². The van der Waals surface area contributed by atoms with Crippen LogP contribution in [0, 0.1) is 0 Å². The number of nitrogens with zero attached hydrogens (tertiary/aromatic N) is 1. The molecule has 2 rings (SSSR count). The summed E-state index contributed by atoms with van der Waals surface area (Å²) >= 11 is 0. The van der Waals surface area contributed by atoms with Crippen molar-refractivity contribution in [1.82, 2.24) is 0 Å². The number of anilines is 4. The minimum absolute atomic E-state index is 0.807. The average Bonchev–Trinajstić information content (AvgIpc) is 2.53. The lowest BCUT2D eigenvalue weighted by molar-refractivity contribution is 0.866. The van der Waals surface area contributed by atoms with Gasteiger partial charge in [-0.15, -0.1) is 0 Å². The highest BCUT2D eigenvalue weighted by Gasteiger charge is 1.99. The van der Waals surface area contributed by atoms with Gasteiger partial charge in [0.2, 0.25) is 0 Å². The van der Waals surface area contributed by atoms with Crippen LogP contribution < -0.4 is 21.7 Å². The summed E-state index contributed by atoms with van der Waals surface area (Å²) in [5.74, 6) is 0. The lowest BCUT2D eigenvalue weighted by Gasteiger charge is -2.20. The minimum Gasteiger partial charge on any atom is -0.399 e. The highest BCUT2D eigenvalue weighted by atomic mass is 15.1. The third kappa shape index (κ3) is 5.95. The number of benzene rings is 2. The van der Waals surface area contributed by atoms with Crippen LogP contribution in [-0.4, -0.2) is 19.6 Å². The van der Waals surface area contributed by atoms with Gasteiger partial charge in [-0.1, -0.05) is 0 Å². The summed E-state index contributed by atoms with van der Waals surface area (Å²) in [5, 5.41) is 3.18. The number of nitrogen functional groups attached to an aromatic ring is 2. The Morgan fingerprint density at radius 3 is 1.64 bits per heavy atom. The SMILES string of the molecule is CCN(CC)c1ccc(N)cc1.CCNc1ccc(N)cc1. The number of nitrogens with one attached hydrogen (secondary N) is 1. The predicted molar refractivity (Wildman–Crippen MR) is 99.4 cm³/mol. The van der Waals surface area contributed by atoms with Crippen LogP contribution >= 0.6 is 0 Å². The van der Waals surface area contributed by atoms with E-state index in [1.54, 1.807) is 0 Å². The lowest BCUT2D eigenvalue weighted by Crippen LogP contribution is -2.21. The Bertz CT molecular complexity index is 516. The average molecular weight is 300 g/mol. The number of hydrogen-bond acceptors (Lipinski definition) is 4. The minimum atomic E-state index is 0.807. The van der Waals surface area contributed by atoms with Gasteiger partial charge in [0, 0.05) is 42.4 Å². The Morgan fingerprint density at radius 1 is 0.773 bits per heavy atom. The Morgan fingerprint density at radius 2 is 1.23 bits per heavy atom. The number of nitrogens with two attached hydrogens (primary N) is 2. The van der Waals surface area contributed by atoms with Crippen molar-refractivity contribution in [1.29, 1.82) is 0 Å². The van der Waals surface area contributed by atoms with Crippen molar-refractivity contribution in [3.8, 4) is 0 Å². The van der Waals surface area contributed by atoms with Crippen LogP contribution in [0.3, 0.4) is 0 Å². The van der Waals surface area contributed by atoms with E-state index in [4.69, 9.17) is 11.5 Å². The maximum Gasteiger partial charge on any atom is 0.0367 e. The van der Waals surface area contributed by atoms with Crippen molar-refractivity contribution in [2.24, 2.45) is 0 Å². The van der Waals surface area contributed by atoms with Gasteiger partial charge in [-0.25, -0.2) is 0 Å². The molecule has 0 amide bonds. The standard InChI is InChI=1S/C10H16N2.C8H12N2/c1-3-12(4-2)10-7-5-9(11)6-8-10;1-2-10-8-5-3-7(9)4-6-8/h5-8H,3-4,11H2,1-2H3;3-6,10H,2,9H2,1H3. The second kappa shape index (κ2) is 9.55. The van der Waals surface area contributed by atoms with Crippen molar-refractivity contribution in [2.75, 3.05) is 41.3 Å². The summed E-state index contributed by atoms with van der Waals surface area (Å²) in [6, 6.07) is 15.7. The van der Waals surface area contributed by atoms with E-state index in [0.29, 0.717) is 0 Å². The molecule has 0 atom stereocenters. The van der Waals surface area contributed by atoms with Crippen LogP contribution in [0.1, 0.15) is 20.8 Å². The first-order chi connectivity index (χ1) is 10.6. The van der Waals surface area contributed by atoms with E-state index in [0.717, 1.165) is 36.7 Å². The van der Waals surface area contributed by atoms with Crippen LogP contribution in [0.4, 0.5) is 22.7 Å². The van der Waals surface area contributed by atoms with Crippen molar-refractivity contribution in [3.63, 3.8) is 0 Å². The Kier molecular flexibility index (Phi) is 7.68. The number of hydrogen-bond donors (Lipinski definition) is 3. The van der Waals surface area contributed by atoms with E-state index in [2.05, 4.69) is 43.1 Å². The summed E-state index contributed by atoms with van der Waals surface area (Å²) < 4.78 is 0. The third-order valence-electron chi connectivity index (χ3n) is 3.31. The van der Waals surface area contributed by atoms with Crippen LogP contribution in [0.15, 0.2) is 48.5 Å². The molecule has 0 fully saturated rings. The van der Waals surface area contributed by atoms with E-state index < -0.39 is 0 Å². The van der Waals surface area contributed by atoms with Crippen LogP contribution in [-0.2, 0) is 0 Å². The molecule has 0 bridgehead atoms. The second-order valence-electron chi connectivity index (χ2n) is 4.92. The molecular formula is C18H28N4. The van der Waals surface area contributed by atoms with Crippen molar-refractivity contribution < 1.29 is 0 Å². The summed E-state index contributed by atoms with van der Waals surface area (Å²) in [7, 11) is 0. The van der Waals surface area contributed by atoms with Gasteiger partial charge in [0.05, 0.1) is 0 Å². The van der Waals surface area contributed by atoms with Crippen molar-refractivity contribution in [2.45, 2.75) is 20.8 Å². The fourth-order valence-corrected chi connectivity index (χ4v) is 2.08. The van der Waals surface area contributed by atoms with E-state index in [9.17, 15) is 0 Å². The van der Waals surface area contributed by atoms with Crippen molar-refractivity contribution in [3.05, 3.63) is 48.5 Å². The maximum atomic E-state index is 5.59. The molecule has 4 nitrogen and oxygen atoms in total. The molecule has 0 spiro atoms. The molecule has 2 aromatic rings. The van der Waals surface area contributed by atoms with E-state index >= 15 is 0 Å². The van der Waals surface area contributed by atoms with Gasteiger partial charge in [0.15, 0.2) is 0 Å². The molecule has 0 unspecified atom stereocenters. The normalized spacial score (nSPS) is 9.59. The molecular weight excluding hydrogens is 272 g/mol. The van der Waals surface area contributed by atoms with Crippen LogP contribution in [0.2, 0.25) is 0 Å². The van der Waals surface area contributed by atoms with Gasteiger partial charge in [-0.2, -0.15) is 0 Å². The summed E-state index contributed by atoms with van der Waals surface area (Å²) in [4.78, 5) is 2.29. The van der Waals surface area contributed by atoms with Crippen LogP contribution in [0.25, 0.3) is 0 Å². The molecule has 0 aromatic heterocycles. The number of rotatable bonds is 5. The largest absolute Gasteiger partial charge is 0.399 e. The summed E-state index contributed by atoms with van der Waals surface area (Å²) in [5.41, 5.74) is 15.1.